The van der Waals surface area contributed by atoms with Gasteiger partial charge in [-0.15, -0.1) is 0 Å². The number of nitrogens with one attached hydrogen (secondary N) is 1. The van der Waals surface area contributed by atoms with Gasteiger partial charge in [0.2, 0.25) is 5.91 Å². The molecule has 1 aliphatic heterocycles. The van der Waals surface area contributed by atoms with Gasteiger partial charge in [0.1, 0.15) is 0 Å². The molecule has 2 aromatic carbocycles. The van der Waals surface area contributed by atoms with Gasteiger partial charge in [0.05, 0.1) is 6.10 Å². The smallest absolute Gasteiger partial charge is 0.220 e. The molecule has 0 bridgehead atoms. The summed E-state index contributed by atoms with van der Waals surface area (Å²) in [5.74, 6) is 0.524. The van der Waals surface area contributed by atoms with E-state index in [4.69, 9.17) is 0 Å². The summed E-state index contributed by atoms with van der Waals surface area (Å²) in [6.45, 7) is 5.73. The lowest BCUT2D eigenvalue weighted by atomic mass is 9.93. The topological polar surface area (TPSA) is 52.6 Å². The molecule has 3 rings (SSSR count). The third-order valence-corrected chi connectivity index (χ3v) is 5.28. The van der Waals surface area contributed by atoms with Crippen molar-refractivity contribution in [1.29, 1.82) is 0 Å². The van der Waals surface area contributed by atoms with Crippen LogP contribution in [0.2, 0.25) is 0 Å². The SMILES string of the molecule is CCN1CCC(CC(=O)NCC(O)c2ccc3ccccc3c2)CC1. The molecule has 1 heterocycles. The van der Waals surface area contributed by atoms with E-state index < -0.39 is 6.10 Å². The van der Waals surface area contributed by atoms with E-state index >= 15 is 0 Å². The number of aliphatic hydroxyl groups is 1. The number of aliphatic hydroxyl groups excluding tert-OH is 1. The summed E-state index contributed by atoms with van der Waals surface area (Å²) < 4.78 is 0. The van der Waals surface area contributed by atoms with Gasteiger partial charge in [-0.2, -0.15) is 0 Å². The molecule has 1 fully saturated rings. The van der Waals surface area contributed by atoms with E-state index in [2.05, 4.69) is 23.2 Å². The zero-order valence-corrected chi connectivity index (χ0v) is 14.9. The van der Waals surface area contributed by atoms with Crippen molar-refractivity contribution < 1.29 is 9.90 Å². The molecule has 1 atom stereocenters. The fraction of sp³-hybridized carbons (Fsp3) is 0.476. The van der Waals surface area contributed by atoms with Crippen LogP contribution in [0.3, 0.4) is 0 Å². The van der Waals surface area contributed by atoms with Gasteiger partial charge in [0.25, 0.3) is 0 Å². The maximum absolute atomic E-state index is 12.2. The van der Waals surface area contributed by atoms with Crippen molar-refractivity contribution in [2.24, 2.45) is 5.92 Å². The minimum atomic E-state index is -0.671. The zero-order chi connectivity index (χ0) is 17.6. The van der Waals surface area contributed by atoms with Gasteiger partial charge in [-0.05, 0) is 60.8 Å². The first-order chi connectivity index (χ1) is 12.2. The van der Waals surface area contributed by atoms with E-state index in [9.17, 15) is 9.90 Å². The van der Waals surface area contributed by atoms with E-state index in [1.165, 1.54) is 0 Å². The number of carbonyl (C=O) groups excluding carboxylic acids is 1. The van der Waals surface area contributed by atoms with Gasteiger partial charge in [0, 0.05) is 13.0 Å². The molecule has 25 heavy (non-hydrogen) atoms. The average Bonchev–Trinajstić information content (AvgIpc) is 2.66. The fourth-order valence-corrected chi connectivity index (χ4v) is 3.58. The number of fused-ring (bicyclic) bond motifs is 1. The number of nitrogens with zero attached hydrogens (tertiary/aromatic N) is 1. The highest BCUT2D eigenvalue weighted by molar-refractivity contribution is 5.83. The van der Waals surface area contributed by atoms with Crippen LogP contribution in [-0.4, -0.2) is 42.1 Å². The summed E-state index contributed by atoms with van der Waals surface area (Å²) in [5.41, 5.74) is 0.843. The first kappa shape index (κ1) is 17.9. The standard InChI is InChI=1S/C21H28N2O2/c1-2-23-11-9-16(10-12-23)13-21(25)22-15-20(24)19-8-7-17-5-3-4-6-18(17)14-19/h3-8,14,16,20,24H,2,9-13,15H2,1H3,(H,22,25). The zero-order valence-electron chi connectivity index (χ0n) is 14.9. The molecular formula is C21H28N2O2. The van der Waals surface area contributed by atoms with Gasteiger partial charge < -0.3 is 15.3 Å². The van der Waals surface area contributed by atoms with Crippen molar-refractivity contribution in [2.45, 2.75) is 32.3 Å². The number of likely N-dealkylation sites (tertiary alicyclic amines) is 1. The summed E-state index contributed by atoms with van der Waals surface area (Å²) in [6.07, 6.45) is 2.08. The lowest BCUT2D eigenvalue weighted by Gasteiger charge is -2.30. The predicted octanol–water partition coefficient (Wildman–Crippen LogP) is 3.11. The third kappa shape index (κ3) is 4.80. The van der Waals surface area contributed by atoms with Crippen molar-refractivity contribution in [3.8, 4) is 0 Å². The second-order valence-electron chi connectivity index (χ2n) is 7.01. The van der Waals surface area contributed by atoms with Crippen molar-refractivity contribution >= 4 is 16.7 Å². The summed E-state index contributed by atoms with van der Waals surface area (Å²) in [7, 11) is 0. The Morgan fingerprint density at radius 3 is 2.64 bits per heavy atom. The molecule has 0 aromatic heterocycles. The number of benzene rings is 2. The quantitative estimate of drug-likeness (QED) is 0.849. The predicted molar refractivity (Wildman–Crippen MR) is 101 cm³/mol. The number of hydrogen-bond acceptors (Lipinski definition) is 3. The number of hydrogen-bond donors (Lipinski definition) is 2. The van der Waals surface area contributed by atoms with Crippen LogP contribution in [0.5, 0.6) is 0 Å². The van der Waals surface area contributed by atoms with Crippen LogP contribution in [0.4, 0.5) is 0 Å². The molecular weight excluding hydrogens is 312 g/mol. The summed E-state index contributed by atoms with van der Waals surface area (Å²) in [5, 5.41) is 15.5. The maximum atomic E-state index is 12.2. The van der Waals surface area contributed by atoms with Gasteiger partial charge >= 0.3 is 0 Å². The summed E-state index contributed by atoms with van der Waals surface area (Å²) in [6, 6.07) is 14.0. The normalized spacial score (nSPS) is 17.5. The second-order valence-corrected chi connectivity index (χ2v) is 7.01. The molecule has 134 valence electrons. The Hall–Kier alpha value is -1.91. The maximum Gasteiger partial charge on any atom is 0.220 e. The number of carbonyl (C=O) groups is 1. The lowest BCUT2D eigenvalue weighted by Crippen LogP contribution is -2.36. The highest BCUT2D eigenvalue weighted by atomic mass is 16.3. The van der Waals surface area contributed by atoms with Crippen LogP contribution >= 0.6 is 0 Å². The van der Waals surface area contributed by atoms with Crippen molar-refractivity contribution in [3.05, 3.63) is 48.0 Å². The van der Waals surface area contributed by atoms with E-state index in [0.29, 0.717) is 12.3 Å². The van der Waals surface area contributed by atoms with E-state index in [1.54, 1.807) is 0 Å². The number of rotatable bonds is 6. The lowest BCUT2D eigenvalue weighted by molar-refractivity contribution is -0.122. The third-order valence-electron chi connectivity index (χ3n) is 5.28. The Labute approximate surface area is 149 Å². The van der Waals surface area contributed by atoms with Gasteiger partial charge in [-0.25, -0.2) is 0 Å². The molecule has 1 amide bonds. The summed E-state index contributed by atoms with van der Waals surface area (Å²) in [4.78, 5) is 14.6. The molecule has 2 N–H and O–H groups in total. The monoisotopic (exact) mass is 340 g/mol. The van der Waals surface area contributed by atoms with E-state index in [1.807, 2.05) is 36.4 Å². The van der Waals surface area contributed by atoms with Gasteiger partial charge in [-0.3, -0.25) is 4.79 Å². The largest absolute Gasteiger partial charge is 0.387 e. The highest BCUT2D eigenvalue weighted by Crippen LogP contribution is 2.21. The van der Waals surface area contributed by atoms with Crippen molar-refractivity contribution in [2.75, 3.05) is 26.2 Å². The van der Waals surface area contributed by atoms with Crippen molar-refractivity contribution in [3.63, 3.8) is 0 Å². The van der Waals surface area contributed by atoms with Crippen molar-refractivity contribution in [1.82, 2.24) is 10.2 Å². The molecule has 4 heteroatoms. The fourth-order valence-electron chi connectivity index (χ4n) is 3.58. The average molecular weight is 340 g/mol. The minimum Gasteiger partial charge on any atom is -0.387 e. The summed E-state index contributed by atoms with van der Waals surface area (Å²) >= 11 is 0. The van der Waals surface area contributed by atoms with Crippen LogP contribution in [0.15, 0.2) is 42.5 Å². The molecule has 1 unspecified atom stereocenters. The Bertz CT molecular complexity index is 708. The van der Waals surface area contributed by atoms with Gasteiger partial charge in [-0.1, -0.05) is 43.3 Å². The Kier molecular flexibility index (Phi) is 6.05. The van der Waals surface area contributed by atoms with Crippen LogP contribution in [-0.2, 0) is 4.79 Å². The second kappa shape index (κ2) is 8.45. The number of amides is 1. The van der Waals surface area contributed by atoms with Crippen LogP contribution < -0.4 is 5.32 Å². The molecule has 0 saturated carbocycles. The minimum absolute atomic E-state index is 0.0507. The molecule has 4 nitrogen and oxygen atoms in total. The molecule has 2 aromatic rings. The first-order valence-electron chi connectivity index (χ1n) is 9.31. The van der Waals surface area contributed by atoms with Crippen LogP contribution in [0.1, 0.15) is 37.9 Å². The Morgan fingerprint density at radius 1 is 1.20 bits per heavy atom. The molecule has 0 radical (unpaired) electrons. The number of piperidine rings is 1. The Balaban J connectivity index is 1.47. The molecule has 0 spiro atoms. The first-order valence-corrected chi connectivity index (χ1v) is 9.31. The van der Waals surface area contributed by atoms with Crippen LogP contribution in [0.25, 0.3) is 10.8 Å². The van der Waals surface area contributed by atoms with E-state index in [-0.39, 0.29) is 12.5 Å². The molecule has 1 saturated heterocycles. The van der Waals surface area contributed by atoms with E-state index in [0.717, 1.165) is 48.8 Å². The highest BCUT2D eigenvalue weighted by Gasteiger charge is 2.21. The van der Waals surface area contributed by atoms with Gasteiger partial charge in [0.15, 0.2) is 0 Å². The molecule has 1 aliphatic rings. The van der Waals surface area contributed by atoms with Crippen LogP contribution in [0, 0.1) is 5.92 Å². The Morgan fingerprint density at radius 2 is 1.92 bits per heavy atom. The molecule has 0 aliphatic carbocycles.